The van der Waals surface area contributed by atoms with Crippen LogP contribution in [0.15, 0.2) is 47.4 Å². The fourth-order valence-corrected chi connectivity index (χ4v) is 5.46. The number of amides is 1. The minimum Gasteiger partial charge on any atom is -0.497 e. The monoisotopic (exact) mass is 470 g/mol. The second kappa shape index (κ2) is 9.24. The Morgan fingerprint density at radius 3 is 2.55 bits per heavy atom. The van der Waals surface area contributed by atoms with Crippen molar-refractivity contribution in [3.63, 3.8) is 0 Å². The molecule has 1 aromatic heterocycles. The number of carbonyl (C=O) groups is 1. The third-order valence-corrected chi connectivity index (χ3v) is 7.49. The van der Waals surface area contributed by atoms with Crippen LogP contribution in [0.2, 0.25) is 0 Å². The molecular formula is C23H26N4O5S. The Kier molecular flexibility index (Phi) is 6.39. The molecule has 2 aromatic carbocycles. The number of aromatic amines is 1. The van der Waals surface area contributed by atoms with Gasteiger partial charge in [-0.3, -0.25) is 4.79 Å². The number of benzene rings is 2. The number of hydrogen-bond donors (Lipinski definition) is 2. The predicted octanol–water partition coefficient (Wildman–Crippen LogP) is 3.44. The zero-order valence-corrected chi connectivity index (χ0v) is 19.5. The molecule has 174 valence electrons. The number of carbonyl (C=O) groups excluding carboxylic acids is 1. The topological polar surface area (TPSA) is 114 Å². The molecule has 4 rings (SSSR count). The summed E-state index contributed by atoms with van der Waals surface area (Å²) in [5.41, 5.74) is 2.03. The van der Waals surface area contributed by atoms with Gasteiger partial charge in [-0.05, 0) is 44.0 Å². The number of anilines is 1. The van der Waals surface area contributed by atoms with Gasteiger partial charge in [0.1, 0.15) is 27.9 Å². The van der Waals surface area contributed by atoms with E-state index < -0.39 is 15.9 Å². The van der Waals surface area contributed by atoms with E-state index in [1.54, 1.807) is 20.1 Å². The van der Waals surface area contributed by atoms with Crippen LogP contribution >= 0.6 is 0 Å². The van der Waals surface area contributed by atoms with Crippen LogP contribution in [0.5, 0.6) is 11.5 Å². The van der Waals surface area contributed by atoms with E-state index in [9.17, 15) is 13.2 Å². The lowest BCUT2D eigenvalue weighted by molar-refractivity contribution is 0.102. The molecule has 0 unspecified atom stereocenters. The third-order valence-electron chi connectivity index (χ3n) is 5.55. The van der Waals surface area contributed by atoms with Crippen LogP contribution in [0.4, 0.5) is 5.69 Å². The number of rotatable bonds is 7. The molecule has 0 radical (unpaired) electrons. The first-order chi connectivity index (χ1) is 15.8. The summed E-state index contributed by atoms with van der Waals surface area (Å²) in [5.74, 6) is 0.982. The first-order valence-corrected chi connectivity index (χ1v) is 12.0. The highest BCUT2D eigenvalue weighted by Gasteiger charge is 2.30. The minimum absolute atomic E-state index is 0.0844. The zero-order chi connectivity index (χ0) is 23.6. The van der Waals surface area contributed by atoms with Crippen molar-refractivity contribution in [1.82, 2.24) is 14.3 Å². The molecule has 0 spiro atoms. The molecule has 10 heteroatoms. The fraction of sp³-hybridized carbons (Fsp3) is 0.304. The number of sulfonamides is 1. The molecule has 1 fully saturated rings. The molecule has 2 heterocycles. The van der Waals surface area contributed by atoms with E-state index in [0.29, 0.717) is 36.0 Å². The Balaban J connectivity index is 1.57. The van der Waals surface area contributed by atoms with Crippen LogP contribution in [0.3, 0.4) is 0 Å². The second-order valence-electron chi connectivity index (χ2n) is 7.72. The lowest BCUT2D eigenvalue weighted by Gasteiger charge is -2.18. The van der Waals surface area contributed by atoms with E-state index in [1.165, 1.54) is 23.5 Å². The van der Waals surface area contributed by atoms with Crippen molar-refractivity contribution in [1.29, 1.82) is 0 Å². The van der Waals surface area contributed by atoms with Gasteiger partial charge in [-0.25, -0.2) is 13.4 Å². The average molecular weight is 471 g/mol. The number of imidazole rings is 1. The van der Waals surface area contributed by atoms with E-state index in [-0.39, 0.29) is 16.3 Å². The largest absolute Gasteiger partial charge is 0.497 e. The molecule has 0 atom stereocenters. The summed E-state index contributed by atoms with van der Waals surface area (Å²) in [4.78, 5) is 20.6. The highest BCUT2D eigenvalue weighted by Crippen LogP contribution is 2.31. The van der Waals surface area contributed by atoms with Gasteiger partial charge in [-0.15, -0.1) is 0 Å². The summed E-state index contributed by atoms with van der Waals surface area (Å²) in [6, 6.07) is 11.9. The Hall–Kier alpha value is -3.37. The van der Waals surface area contributed by atoms with Gasteiger partial charge in [-0.2, -0.15) is 4.31 Å². The smallest absolute Gasteiger partial charge is 0.276 e. The summed E-state index contributed by atoms with van der Waals surface area (Å²) in [6.45, 7) is 2.76. The first kappa shape index (κ1) is 22.8. The number of H-pyrrole nitrogens is 1. The van der Waals surface area contributed by atoms with Crippen molar-refractivity contribution in [2.75, 3.05) is 32.6 Å². The lowest BCUT2D eigenvalue weighted by Crippen LogP contribution is -2.28. The van der Waals surface area contributed by atoms with Gasteiger partial charge in [0, 0.05) is 36.1 Å². The molecule has 1 saturated heterocycles. The van der Waals surface area contributed by atoms with E-state index >= 15 is 0 Å². The molecule has 0 aliphatic carbocycles. The third kappa shape index (κ3) is 4.57. The van der Waals surface area contributed by atoms with Gasteiger partial charge in [0.25, 0.3) is 5.91 Å². The molecule has 0 bridgehead atoms. The molecular weight excluding hydrogens is 444 g/mol. The van der Waals surface area contributed by atoms with Crippen LogP contribution in [0.1, 0.15) is 29.0 Å². The summed E-state index contributed by atoms with van der Waals surface area (Å²) in [6.07, 6.45) is 1.69. The number of nitrogens with zero attached hydrogens (tertiary/aromatic N) is 2. The molecule has 9 nitrogen and oxygen atoms in total. The van der Waals surface area contributed by atoms with E-state index in [1.807, 2.05) is 24.3 Å². The molecule has 33 heavy (non-hydrogen) atoms. The van der Waals surface area contributed by atoms with Crippen molar-refractivity contribution >= 4 is 21.6 Å². The number of hydrogen-bond acceptors (Lipinski definition) is 6. The molecule has 1 aliphatic heterocycles. The van der Waals surface area contributed by atoms with Gasteiger partial charge in [0.05, 0.1) is 14.2 Å². The van der Waals surface area contributed by atoms with E-state index in [4.69, 9.17) is 9.47 Å². The highest BCUT2D eigenvalue weighted by molar-refractivity contribution is 7.89. The molecule has 2 N–H and O–H groups in total. The Morgan fingerprint density at radius 1 is 1.09 bits per heavy atom. The summed E-state index contributed by atoms with van der Waals surface area (Å²) in [7, 11) is -0.661. The Labute approximate surface area is 192 Å². The van der Waals surface area contributed by atoms with Crippen molar-refractivity contribution in [2.24, 2.45) is 0 Å². The van der Waals surface area contributed by atoms with Crippen LogP contribution in [-0.4, -0.2) is 55.9 Å². The van der Waals surface area contributed by atoms with Crippen LogP contribution in [0.25, 0.3) is 11.4 Å². The second-order valence-corrected chi connectivity index (χ2v) is 9.63. The SMILES string of the molecule is COc1cccc(-c2nc(C(=O)Nc3ccc(S(=O)(=O)N4CCCC4)c(OC)c3)c(C)[nH]2)c1. The quantitative estimate of drug-likeness (QED) is 0.547. The first-order valence-electron chi connectivity index (χ1n) is 10.5. The van der Waals surface area contributed by atoms with Gasteiger partial charge in [0.2, 0.25) is 10.0 Å². The maximum Gasteiger partial charge on any atom is 0.276 e. The Bertz CT molecular complexity index is 1280. The van der Waals surface area contributed by atoms with E-state index in [0.717, 1.165) is 18.4 Å². The summed E-state index contributed by atoms with van der Waals surface area (Å²) >= 11 is 0. The highest BCUT2D eigenvalue weighted by atomic mass is 32.2. The predicted molar refractivity (Wildman–Crippen MR) is 124 cm³/mol. The van der Waals surface area contributed by atoms with Gasteiger partial charge < -0.3 is 19.8 Å². The number of methoxy groups -OCH3 is 2. The molecule has 3 aromatic rings. The number of nitrogens with one attached hydrogen (secondary N) is 2. The van der Waals surface area contributed by atoms with Crippen LogP contribution in [-0.2, 0) is 10.0 Å². The number of aromatic nitrogens is 2. The molecule has 1 aliphatic rings. The van der Waals surface area contributed by atoms with Crippen molar-refractivity contribution in [2.45, 2.75) is 24.7 Å². The van der Waals surface area contributed by atoms with Crippen LogP contribution < -0.4 is 14.8 Å². The van der Waals surface area contributed by atoms with Gasteiger partial charge in [-0.1, -0.05) is 12.1 Å². The van der Waals surface area contributed by atoms with Crippen molar-refractivity contribution in [3.8, 4) is 22.9 Å². The average Bonchev–Trinajstić information content (AvgIpc) is 3.49. The summed E-state index contributed by atoms with van der Waals surface area (Å²) in [5, 5.41) is 2.77. The molecule has 1 amide bonds. The molecule has 0 saturated carbocycles. The number of ether oxygens (including phenoxy) is 2. The Morgan fingerprint density at radius 2 is 1.85 bits per heavy atom. The zero-order valence-electron chi connectivity index (χ0n) is 18.7. The van der Waals surface area contributed by atoms with Gasteiger partial charge >= 0.3 is 0 Å². The van der Waals surface area contributed by atoms with Crippen LogP contribution in [0, 0.1) is 6.92 Å². The standard InChI is InChI=1S/C23H26N4O5S/c1-15-21(26-22(24-15)16-7-6-8-18(13-16)31-2)23(28)25-17-9-10-20(19(14-17)32-3)33(29,30)27-11-4-5-12-27/h6-10,13-14H,4-5,11-12H2,1-3H3,(H,24,26)(H,25,28). The minimum atomic E-state index is -3.65. The maximum absolute atomic E-state index is 12.9. The normalized spacial score (nSPS) is 14.3. The van der Waals surface area contributed by atoms with Gasteiger partial charge in [0.15, 0.2) is 0 Å². The fourth-order valence-electron chi connectivity index (χ4n) is 3.80. The maximum atomic E-state index is 12.9. The van der Waals surface area contributed by atoms with Crippen molar-refractivity contribution in [3.05, 3.63) is 53.9 Å². The van der Waals surface area contributed by atoms with E-state index in [2.05, 4.69) is 15.3 Å². The summed E-state index contributed by atoms with van der Waals surface area (Å²) < 4.78 is 37.9. The van der Waals surface area contributed by atoms with Crippen molar-refractivity contribution < 1.29 is 22.7 Å². The lowest BCUT2D eigenvalue weighted by atomic mass is 10.2. The number of aryl methyl sites for hydroxylation is 1.